The number of fused-ring (bicyclic) bond motifs is 3. The highest BCUT2D eigenvalue weighted by Gasteiger charge is 2.43. The molecule has 74 valence electrons. The highest BCUT2D eigenvalue weighted by Crippen LogP contribution is 2.47. The first kappa shape index (κ1) is 8.57. The topological polar surface area (TPSA) is 18.5 Å². The molecule has 2 aliphatic heterocycles. The Balaban J connectivity index is 2.09. The molecule has 2 nitrogen and oxygen atoms in total. The van der Waals surface area contributed by atoms with Crippen molar-refractivity contribution >= 4 is 11.6 Å². The van der Waals surface area contributed by atoms with Crippen molar-refractivity contribution in [2.24, 2.45) is 5.92 Å². The summed E-state index contributed by atoms with van der Waals surface area (Å²) < 4.78 is 11.2. The average molecular weight is 211 g/mol. The van der Waals surface area contributed by atoms with Crippen molar-refractivity contribution in [3.8, 4) is 5.75 Å². The summed E-state index contributed by atoms with van der Waals surface area (Å²) in [6, 6.07) is 5.77. The molecule has 0 aromatic heterocycles. The van der Waals surface area contributed by atoms with E-state index in [9.17, 15) is 0 Å². The average Bonchev–Trinajstić information content (AvgIpc) is 2.67. The van der Waals surface area contributed by atoms with Gasteiger partial charge in [0.15, 0.2) is 0 Å². The number of hydrogen-bond acceptors (Lipinski definition) is 2. The maximum Gasteiger partial charge on any atom is 0.207 e. The number of ether oxygens (including phenoxy) is 2. The van der Waals surface area contributed by atoms with E-state index in [1.807, 2.05) is 18.2 Å². The largest absolute Gasteiger partial charge is 0.464 e. The van der Waals surface area contributed by atoms with Crippen LogP contribution < -0.4 is 4.74 Å². The Hall–Kier alpha value is -0.730. The Morgan fingerprint density at radius 3 is 3.14 bits per heavy atom. The van der Waals surface area contributed by atoms with E-state index >= 15 is 0 Å². The van der Waals surface area contributed by atoms with Gasteiger partial charge in [0, 0.05) is 10.6 Å². The lowest BCUT2D eigenvalue weighted by Crippen LogP contribution is -2.15. The van der Waals surface area contributed by atoms with Gasteiger partial charge in [-0.05, 0) is 24.1 Å². The van der Waals surface area contributed by atoms with Gasteiger partial charge in [0.05, 0.1) is 12.5 Å². The van der Waals surface area contributed by atoms with Crippen LogP contribution in [0.4, 0.5) is 0 Å². The highest BCUT2D eigenvalue weighted by molar-refractivity contribution is 6.30. The van der Waals surface area contributed by atoms with Crippen LogP contribution in [0.5, 0.6) is 5.75 Å². The first-order valence-electron chi connectivity index (χ1n) is 4.83. The first-order chi connectivity index (χ1) is 6.75. The zero-order valence-electron chi connectivity index (χ0n) is 7.87. The van der Waals surface area contributed by atoms with Gasteiger partial charge in [0.1, 0.15) is 5.75 Å². The van der Waals surface area contributed by atoms with Gasteiger partial charge in [-0.15, -0.1) is 0 Å². The van der Waals surface area contributed by atoms with E-state index in [2.05, 4.69) is 6.92 Å². The first-order valence-corrected chi connectivity index (χ1v) is 5.21. The Morgan fingerprint density at radius 1 is 1.43 bits per heavy atom. The normalized spacial score (nSPS) is 33.7. The van der Waals surface area contributed by atoms with E-state index in [1.54, 1.807) is 0 Å². The van der Waals surface area contributed by atoms with Crippen LogP contribution in [0.3, 0.4) is 0 Å². The minimum atomic E-state index is -0.0848. The van der Waals surface area contributed by atoms with Gasteiger partial charge in [-0.25, -0.2) is 0 Å². The summed E-state index contributed by atoms with van der Waals surface area (Å²) in [6.07, 6.45) is -0.0848. The van der Waals surface area contributed by atoms with Crippen LogP contribution in [0.15, 0.2) is 18.2 Å². The lowest BCUT2D eigenvalue weighted by Gasteiger charge is -2.09. The second-order valence-electron chi connectivity index (χ2n) is 4.00. The van der Waals surface area contributed by atoms with Crippen molar-refractivity contribution in [3.63, 3.8) is 0 Å². The summed E-state index contributed by atoms with van der Waals surface area (Å²) in [4.78, 5) is 0. The minimum absolute atomic E-state index is 0.0848. The van der Waals surface area contributed by atoms with Crippen LogP contribution in [0.2, 0.25) is 5.02 Å². The third kappa shape index (κ3) is 1.07. The van der Waals surface area contributed by atoms with Gasteiger partial charge in [-0.1, -0.05) is 18.5 Å². The van der Waals surface area contributed by atoms with Gasteiger partial charge >= 0.3 is 0 Å². The summed E-state index contributed by atoms with van der Waals surface area (Å²) in [7, 11) is 0. The standard InChI is InChI=1S/C11H11ClO2/c1-6-5-13-11-10(6)8-4-7(12)2-3-9(8)14-11/h2-4,6,10-11H,5H2,1H3/t6-,10-,11+/m0/s1. The van der Waals surface area contributed by atoms with Crippen molar-refractivity contribution in [2.75, 3.05) is 6.61 Å². The smallest absolute Gasteiger partial charge is 0.207 e. The second kappa shape index (κ2) is 2.88. The number of rotatable bonds is 0. The minimum Gasteiger partial charge on any atom is -0.464 e. The molecule has 0 spiro atoms. The van der Waals surface area contributed by atoms with Gasteiger partial charge in [-0.2, -0.15) is 0 Å². The Morgan fingerprint density at radius 2 is 2.29 bits per heavy atom. The third-order valence-corrected chi connectivity index (χ3v) is 3.24. The molecule has 0 bridgehead atoms. The molecule has 0 amide bonds. The van der Waals surface area contributed by atoms with E-state index in [1.165, 1.54) is 5.56 Å². The van der Waals surface area contributed by atoms with E-state index in [-0.39, 0.29) is 6.29 Å². The molecule has 3 atom stereocenters. The summed E-state index contributed by atoms with van der Waals surface area (Å²) >= 11 is 5.97. The van der Waals surface area contributed by atoms with Crippen LogP contribution in [0.25, 0.3) is 0 Å². The summed E-state index contributed by atoms with van der Waals surface area (Å²) in [5.41, 5.74) is 1.20. The van der Waals surface area contributed by atoms with Crippen molar-refractivity contribution < 1.29 is 9.47 Å². The molecule has 3 heteroatoms. The molecule has 0 N–H and O–H groups in total. The zero-order chi connectivity index (χ0) is 9.71. The number of halogens is 1. The van der Waals surface area contributed by atoms with Crippen molar-refractivity contribution in [2.45, 2.75) is 19.1 Å². The van der Waals surface area contributed by atoms with Crippen molar-refractivity contribution in [3.05, 3.63) is 28.8 Å². The molecule has 0 aliphatic carbocycles. The molecule has 0 radical (unpaired) electrons. The van der Waals surface area contributed by atoms with Crippen LogP contribution in [-0.2, 0) is 4.74 Å². The van der Waals surface area contributed by atoms with Crippen LogP contribution >= 0.6 is 11.6 Å². The lowest BCUT2D eigenvalue weighted by atomic mass is 9.90. The fourth-order valence-corrected chi connectivity index (χ4v) is 2.48. The Labute approximate surface area is 87.8 Å². The van der Waals surface area contributed by atoms with E-state index in [0.717, 1.165) is 17.4 Å². The quantitative estimate of drug-likeness (QED) is 0.656. The molecule has 2 heterocycles. The SMILES string of the molecule is C[C@H]1CO[C@@H]2Oc3ccc(Cl)cc3[C@@H]21. The molecule has 1 aromatic rings. The van der Waals surface area contributed by atoms with Gasteiger partial charge in [0.25, 0.3) is 0 Å². The molecule has 1 saturated heterocycles. The Kier molecular flexibility index (Phi) is 1.76. The van der Waals surface area contributed by atoms with Gasteiger partial charge in [0.2, 0.25) is 6.29 Å². The van der Waals surface area contributed by atoms with E-state index in [0.29, 0.717) is 11.8 Å². The molecular formula is C11H11ClO2. The van der Waals surface area contributed by atoms with Crippen LogP contribution in [-0.4, -0.2) is 12.9 Å². The summed E-state index contributed by atoms with van der Waals surface area (Å²) in [5.74, 6) is 1.80. The van der Waals surface area contributed by atoms with Crippen LogP contribution in [0.1, 0.15) is 18.4 Å². The maximum atomic E-state index is 5.97. The monoisotopic (exact) mass is 210 g/mol. The van der Waals surface area contributed by atoms with E-state index in [4.69, 9.17) is 21.1 Å². The predicted octanol–water partition coefficient (Wildman–Crippen LogP) is 2.81. The molecule has 14 heavy (non-hydrogen) atoms. The van der Waals surface area contributed by atoms with Crippen molar-refractivity contribution in [1.29, 1.82) is 0 Å². The fourth-order valence-electron chi connectivity index (χ4n) is 2.29. The van der Waals surface area contributed by atoms with Gasteiger partial charge in [-0.3, -0.25) is 0 Å². The zero-order valence-corrected chi connectivity index (χ0v) is 8.62. The molecule has 1 aromatic carbocycles. The molecule has 3 rings (SSSR count). The summed E-state index contributed by atoms with van der Waals surface area (Å²) in [5, 5.41) is 0.770. The maximum absolute atomic E-state index is 5.97. The molecule has 1 fully saturated rings. The van der Waals surface area contributed by atoms with Gasteiger partial charge < -0.3 is 9.47 Å². The molecule has 0 saturated carbocycles. The lowest BCUT2D eigenvalue weighted by molar-refractivity contribution is -0.0340. The number of hydrogen-bond donors (Lipinski definition) is 0. The second-order valence-corrected chi connectivity index (χ2v) is 4.44. The molecule has 2 aliphatic rings. The highest BCUT2D eigenvalue weighted by atomic mass is 35.5. The molecular weight excluding hydrogens is 200 g/mol. The van der Waals surface area contributed by atoms with Crippen LogP contribution in [0, 0.1) is 5.92 Å². The predicted molar refractivity (Wildman–Crippen MR) is 53.7 cm³/mol. The van der Waals surface area contributed by atoms with Crippen molar-refractivity contribution in [1.82, 2.24) is 0 Å². The summed E-state index contributed by atoms with van der Waals surface area (Å²) in [6.45, 7) is 2.96. The number of benzene rings is 1. The Bertz CT molecular complexity index is 378. The van der Waals surface area contributed by atoms with E-state index < -0.39 is 0 Å². The fraction of sp³-hybridized carbons (Fsp3) is 0.455. The molecule has 0 unspecified atom stereocenters. The third-order valence-electron chi connectivity index (χ3n) is 3.00.